The van der Waals surface area contributed by atoms with Crippen LogP contribution in [0.2, 0.25) is 0 Å². The molecule has 1 heterocycles. The first kappa shape index (κ1) is 17.0. The molecule has 0 spiro atoms. The topological polar surface area (TPSA) is 18.5 Å². The van der Waals surface area contributed by atoms with Crippen molar-refractivity contribution in [3.05, 3.63) is 35.4 Å². The molecule has 1 aliphatic rings. The van der Waals surface area contributed by atoms with Crippen LogP contribution in [0, 0.1) is 5.41 Å². The van der Waals surface area contributed by atoms with Crippen molar-refractivity contribution in [3.8, 4) is 0 Å². The molecule has 0 aliphatic carbocycles. The monoisotopic (exact) mass is 354 g/mol. The summed E-state index contributed by atoms with van der Waals surface area (Å²) >= 11 is 3.51. The van der Waals surface area contributed by atoms with E-state index in [9.17, 15) is 0 Å². The summed E-state index contributed by atoms with van der Waals surface area (Å²) < 4.78 is 12.5. The van der Waals surface area contributed by atoms with Crippen molar-refractivity contribution < 1.29 is 9.47 Å². The van der Waals surface area contributed by atoms with Gasteiger partial charge in [0, 0.05) is 22.7 Å². The fourth-order valence-electron chi connectivity index (χ4n) is 2.58. The maximum absolute atomic E-state index is 6.23. The van der Waals surface area contributed by atoms with Gasteiger partial charge < -0.3 is 9.47 Å². The molecular formula is C18H27BrO2. The fraction of sp³-hybridized carbons (Fsp3) is 0.667. The summed E-state index contributed by atoms with van der Waals surface area (Å²) in [5.41, 5.74) is 2.59. The lowest BCUT2D eigenvalue weighted by atomic mass is 9.91. The molecule has 0 saturated carbocycles. The van der Waals surface area contributed by atoms with Crippen LogP contribution in [0.3, 0.4) is 0 Å². The molecule has 2 nitrogen and oxygen atoms in total. The van der Waals surface area contributed by atoms with Crippen molar-refractivity contribution in [1.29, 1.82) is 0 Å². The van der Waals surface area contributed by atoms with Gasteiger partial charge in [-0.25, -0.2) is 0 Å². The number of rotatable bonds is 5. The maximum Gasteiger partial charge on any atom is 0.194 e. The molecule has 1 saturated heterocycles. The molecule has 3 heteroatoms. The second kappa shape index (κ2) is 6.80. The minimum Gasteiger partial charge on any atom is -0.345 e. The predicted molar refractivity (Wildman–Crippen MR) is 90.9 cm³/mol. The Morgan fingerprint density at radius 3 is 2.14 bits per heavy atom. The molecule has 0 bridgehead atoms. The first-order valence-electron chi connectivity index (χ1n) is 7.83. The van der Waals surface area contributed by atoms with E-state index < -0.39 is 5.79 Å². The largest absolute Gasteiger partial charge is 0.345 e. The average Bonchev–Trinajstić information content (AvgIpc) is 2.47. The normalized spacial score (nSPS) is 20.7. The summed E-state index contributed by atoms with van der Waals surface area (Å²) in [5, 5.41) is 0.967. The zero-order valence-corrected chi connectivity index (χ0v) is 15.2. The number of hydrogen-bond donors (Lipinski definition) is 0. The first-order chi connectivity index (χ1) is 9.88. The molecule has 1 aromatic rings. The smallest absolute Gasteiger partial charge is 0.194 e. The fourth-order valence-corrected chi connectivity index (χ4v) is 2.86. The molecule has 1 fully saturated rings. The zero-order chi connectivity index (χ0) is 15.5. The molecule has 0 N–H and O–H groups in total. The summed E-state index contributed by atoms with van der Waals surface area (Å²) in [5.74, 6) is -0.0246. The van der Waals surface area contributed by atoms with Crippen molar-refractivity contribution in [2.75, 3.05) is 18.5 Å². The molecule has 21 heavy (non-hydrogen) atoms. The molecule has 2 rings (SSSR count). The van der Waals surface area contributed by atoms with E-state index in [-0.39, 0.29) is 5.41 Å². The van der Waals surface area contributed by atoms with Crippen LogP contribution in [-0.4, -0.2) is 18.5 Å². The van der Waals surface area contributed by atoms with E-state index in [0.29, 0.717) is 5.92 Å². The van der Waals surface area contributed by atoms with Gasteiger partial charge in [0.05, 0.1) is 13.2 Å². The van der Waals surface area contributed by atoms with Gasteiger partial charge in [-0.05, 0) is 17.9 Å². The first-order valence-corrected chi connectivity index (χ1v) is 8.95. The van der Waals surface area contributed by atoms with Crippen LogP contribution in [0.5, 0.6) is 0 Å². The summed E-state index contributed by atoms with van der Waals surface area (Å²) in [7, 11) is 0. The lowest BCUT2D eigenvalue weighted by molar-refractivity contribution is -0.311. The third-order valence-electron chi connectivity index (χ3n) is 4.05. The zero-order valence-electron chi connectivity index (χ0n) is 13.6. The highest BCUT2D eigenvalue weighted by Crippen LogP contribution is 2.40. The lowest BCUT2D eigenvalue weighted by Gasteiger charge is -2.44. The summed E-state index contributed by atoms with van der Waals surface area (Å²) in [4.78, 5) is 0. The molecular weight excluding hydrogens is 328 g/mol. The Morgan fingerprint density at radius 2 is 1.67 bits per heavy atom. The van der Waals surface area contributed by atoms with E-state index in [0.717, 1.165) is 36.9 Å². The quantitative estimate of drug-likeness (QED) is 0.675. The number of halogens is 1. The molecule has 1 aromatic carbocycles. The minimum absolute atomic E-state index is 0.0930. The highest BCUT2D eigenvalue weighted by Gasteiger charge is 2.41. The highest BCUT2D eigenvalue weighted by molar-refractivity contribution is 9.09. The van der Waals surface area contributed by atoms with Crippen LogP contribution in [0.4, 0.5) is 0 Å². The van der Waals surface area contributed by atoms with Crippen molar-refractivity contribution >= 4 is 15.9 Å². The predicted octanol–water partition coefficient (Wildman–Crippen LogP) is 5.21. The Labute approximate surface area is 137 Å². The second-order valence-corrected chi connectivity index (χ2v) is 7.86. The van der Waals surface area contributed by atoms with Gasteiger partial charge in [0.2, 0.25) is 0 Å². The van der Waals surface area contributed by atoms with E-state index >= 15 is 0 Å². The van der Waals surface area contributed by atoms with E-state index in [4.69, 9.17) is 9.47 Å². The minimum atomic E-state index is -0.571. The number of benzene rings is 1. The maximum atomic E-state index is 6.23. The van der Waals surface area contributed by atoms with Crippen molar-refractivity contribution in [2.24, 2.45) is 5.41 Å². The van der Waals surface area contributed by atoms with Crippen LogP contribution < -0.4 is 0 Å². The van der Waals surface area contributed by atoms with Crippen LogP contribution in [0.25, 0.3) is 0 Å². The van der Waals surface area contributed by atoms with Gasteiger partial charge in [0.15, 0.2) is 5.79 Å². The molecule has 0 radical (unpaired) electrons. The third-order valence-corrected chi connectivity index (χ3v) is 4.61. The van der Waals surface area contributed by atoms with E-state index in [1.165, 1.54) is 5.56 Å². The summed E-state index contributed by atoms with van der Waals surface area (Å²) in [6, 6.07) is 8.73. The molecule has 1 aliphatic heterocycles. The SMILES string of the molecule is CC(C)c1ccc(C2(CCCBr)OCC(C)(C)CO2)cc1. The van der Waals surface area contributed by atoms with Gasteiger partial charge >= 0.3 is 0 Å². The third kappa shape index (κ3) is 4.08. The molecule has 0 aromatic heterocycles. The Bertz CT molecular complexity index is 441. The summed E-state index contributed by atoms with van der Waals surface area (Å²) in [6.07, 6.45) is 1.92. The van der Waals surface area contributed by atoms with Gasteiger partial charge in [-0.3, -0.25) is 0 Å². The number of alkyl halides is 1. The summed E-state index contributed by atoms with van der Waals surface area (Å²) in [6.45, 7) is 10.3. The van der Waals surface area contributed by atoms with Gasteiger partial charge in [-0.15, -0.1) is 0 Å². The van der Waals surface area contributed by atoms with Crippen LogP contribution >= 0.6 is 15.9 Å². The Balaban J connectivity index is 2.23. The van der Waals surface area contributed by atoms with Gasteiger partial charge in [-0.1, -0.05) is 67.9 Å². The molecule has 118 valence electrons. The Morgan fingerprint density at radius 1 is 1.10 bits per heavy atom. The average molecular weight is 355 g/mol. The van der Waals surface area contributed by atoms with E-state index in [1.807, 2.05) is 0 Å². The van der Waals surface area contributed by atoms with Gasteiger partial charge in [0.25, 0.3) is 0 Å². The van der Waals surface area contributed by atoms with Crippen molar-refractivity contribution in [3.63, 3.8) is 0 Å². The van der Waals surface area contributed by atoms with E-state index in [2.05, 4.69) is 67.9 Å². The van der Waals surface area contributed by atoms with Crippen LogP contribution in [0.15, 0.2) is 24.3 Å². The van der Waals surface area contributed by atoms with Crippen molar-refractivity contribution in [1.82, 2.24) is 0 Å². The standard InChI is InChI=1S/C18H27BrO2/c1-14(2)15-6-8-16(9-7-15)18(10-5-11-19)20-12-17(3,4)13-21-18/h6-9,14H,5,10-13H2,1-4H3. The lowest BCUT2D eigenvalue weighted by Crippen LogP contribution is -2.45. The van der Waals surface area contributed by atoms with E-state index in [1.54, 1.807) is 0 Å². The molecule has 0 atom stereocenters. The Kier molecular flexibility index (Phi) is 5.50. The van der Waals surface area contributed by atoms with Gasteiger partial charge in [0.1, 0.15) is 0 Å². The number of hydrogen-bond acceptors (Lipinski definition) is 2. The van der Waals surface area contributed by atoms with Crippen LogP contribution in [-0.2, 0) is 15.3 Å². The molecule has 0 amide bonds. The molecule has 0 unspecified atom stereocenters. The van der Waals surface area contributed by atoms with Crippen LogP contribution in [0.1, 0.15) is 57.6 Å². The Hall–Kier alpha value is -0.380. The van der Waals surface area contributed by atoms with Gasteiger partial charge in [-0.2, -0.15) is 0 Å². The number of ether oxygens (including phenoxy) is 2. The highest BCUT2D eigenvalue weighted by atomic mass is 79.9. The van der Waals surface area contributed by atoms with Crippen molar-refractivity contribution in [2.45, 2.75) is 52.2 Å². The second-order valence-electron chi connectivity index (χ2n) is 7.06.